The molecule has 0 unspecified atom stereocenters. The highest BCUT2D eigenvalue weighted by molar-refractivity contribution is 6.30. The van der Waals surface area contributed by atoms with Gasteiger partial charge in [-0.2, -0.15) is 0 Å². The normalized spacial score (nSPS) is 9.57. The first-order valence-electron chi connectivity index (χ1n) is 4.89. The summed E-state index contributed by atoms with van der Waals surface area (Å²) in [7, 11) is 0. The molecule has 1 nitrogen and oxygen atoms in total. The standard InChI is InChI=1S/C11H16ClN.ClH/c1-2-3-8-13-9-10-4-6-11(12)7-5-10;/h4-7,13H,2-3,8-9H2,1H3;1H. The van der Waals surface area contributed by atoms with Crippen molar-refractivity contribution in [1.29, 1.82) is 0 Å². The molecule has 0 saturated carbocycles. The van der Waals surface area contributed by atoms with Gasteiger partial charge in [-0.1, -0.05) is 37.1 Å². The summed E-state index contributed by atoms with van der Waals surface area (Å²) in [5.74, 6) is 0. The van der Waals surface area contributed by atoms with Gasteiger partial charge in [0.25, 0.3) is 0 Å². The number of unbranched alkanes of at least 4 members (excludes halogenated alkanes) is 1. The number of benzene rings is 1. The zero-order valence-corrected chi connectivity index (χ0v) is 9.98. The van der Waals surface area contributed by atoms with Crippen LogP contribution in [0, 0.1) is 0 Å². The highest BCUT2D eigenvalue weighted by atomic mass is 35.5. The number of hydrogen-bond acceptors (Lipinski definition) is 0. The first-order valence-corrected chi connectivity index (χ1v) is 5.27. The summed E-state index contributed by atoms with van der Waals surface area (Å²) in [5, 5.41) is 3.16. The Morgan fingerprint density at radius 3 is 2.43 bits per heavy atom. The van der Waals surface area contributed by atoms with Gasteiger partial charge in [-0.05, 0) is 18.6 Å². The largest absolute Gasteiger partial charge is 1.00 e. The van der Waals surface area contributed by atoms with Crippen molar-refractivity contribution in [3.63, 3.8) is 0 Å². The molecular weight excluding hydrogens is 217 g/mol. The van der Waals surface area contributed by atoms with E-state index >= 15 is 0 Å². The number of nitrogens with two attached hydrogens (primary N) is 1. The van der Waals surface area contributed by atoms with Crippen LogP contribution in [0.3, 0.4) is 0 Å². The first kappa shape index (κ1) is 13.8. The Morgan fingerprint density at radius 2 is 1.86 bits per heavy atom. The van der Waals surface area contributed by atoms with Gasteiger partial charge in [0.05, 0.1) is 6.54 Å². The lowest BCUT2D eigenvalue weighted by Crippen LogP contribution is -3.00. The summed E-state index contributed by atoms with van der Waals surface area (Å²) in [5.41, 5.74) is 1.35. The zero-order valence-electron chi connectivity index (χ0n) is 8.47. The smallest absolute Gasteiger partial charge is 0.101 e. The summed E-state index contributed by atoms with van der Waals surface area (Å²) >= 11 is 5.79. The third-order valence-corrected chi connectivity index (χ3v) is 2.31. The van der Waals surface area contributed by atoms with E-state index in [0.29, 0.717) is 0 Å². The lowest BCUT2D eigenvalue weighted by atomic mass is 10.2. The quantitative estimate of drug-likeness (QED) is 0.643. The van der Waals surface area contributed by atoms with Crippen LogP contribution in [0.4, 0.5) is 0 Å². The molecule has 0 bridgehead atoms. The average Bonchev–Trinajstić information content (AvgIpc) is 2.15. The van der Waals surface area contributed by atoms with Crippen molar-refractivity contribution < 1.29 is 17.7 Å². The average molecular weight is 234 g/mol. The maximum absolute atomic E-state index is 5.79. The molecule has 0 amide bonds. The molecule has 0 atom stereocenters. The van der Waals surface area contributed by atoms with Gasteiger partial charge in [0.2, 0.25) is 0 Å². The molecule has 1 aromatic carbocycles. The number of rotatable bonds is 5. The topological polar surface area (TPSA) is 16.6 Å². The third-order valence-electron chi connectivity index (χ3n) is 2.06. The van der Waals surface area contributed by atoms with E-state index in [2.05, 4.69) is 24.4 Å². The van der Waals surface area contributed by atoms with Gasteiger partial charge in [-0.15, -0.1) is 0 Å². The molecule has 0 aliphatic rings. The van der Waals surface area contributed by atoms with Gasteiger partial charge in [0.15, 0.2) is 0 Å². The second-order valence-electron chi connectivity index (χ2n) is 3.26. The maximum atomic E-state index is 5.79. The number of hydrogen-bond donors (Lipinski definition) is 1. The predicted octanol–water partition coefficient (Wildman–Crippen LogP) is -0.792. The van der Waals surface area contributed by atoms with Gasteiger partial charge in [-0.3, -0.25) is 0 Å². The van der Waals surface area contributed by atoms with Crippen molar-refractivity contribution in [1.82, 2.24) is 0 Å². The molecule has 2 N–H and O–H groups in total. The van der Waals surface area contributed by atoms with Gasteiger partial charge >= 0.3 is 0 Å². The van der Waals surface area contributed by atoms with Crippen LogP contribution in [0.15, 0.2) is 24.3 Å². The summed E-state index contributed by atoms with van der Waals surface area (Å²) in [6, 6.07) is 8.07. The minimum absolute atomic E-state index is 0. The molecule has 3 heteroatoms. The van der Waals surface area contributed by atoms with Gasteiger partial charge < -0.3 is 17.7 Å². The van der Waals surface area contributed by atoms with Crippen LogP contribution < -0.4 is 17.7 Å². The Balaban J connectivity index is 0.00000169. The summed E-state index contributed by atoms with van der Waals surface area (Å²) in [6.45, 7) is 4.51. The van der Waals surface area contributed by atoms with Crippen LogP contribution in [-0.2, 0) is 6.54 Å². The van der Waals surface area contributed by atoms with Crippen molar-refractivity contribution >= 4 is 11.6 Å². The lowest BCUT2D eigenvalue weighted by molar-refractivity contribution is -0.670. The van der Waals surface area contributed by atoms with Crippen LogP contribution >= 0.6 is 11.6 Å². The molecule has 1 rings (SSSR count). The molecule has 0 radical (unpaired) electrons. The van der Waals surface area contributed by atoms with Crippen molar-refractivity contribution in [2.75, 3.05) is 6.54 Å². The van der Waals surface area contributed by atoms with E-state index in [0.717, 1.165) is 11.6 Å². The van der Waals surface area contributed by atoms with Gasteiger partial charge in [0.1, 0.15) is 6.54 Å². The Morgan fingerprint density at radius 1 is 1.21 bits per heavy atom. The number of halogens is 2. The Hall–Kier alpha value is -0.240. The molecule has 1 aromatic rings. The molecular formula is C11H17Cl2N. The van der Waals surface area contributed by atoms with E-state index in [9.17, 15) is 0 Å². The van der Waals surface area contributed by atoms with Crippen molar-refractivity contribution in [2.24, 2.45) is 0 Å². The molecule has 0 heterocycles. The molecule has 0 aromatic heterocycles. The van der Waals surface area contributed by atoms with Crippen LogP contribution in [0.25, 0.3) is 0 Å². The highest BCUT2D eigenvalue weighted by Gasteiger charge is 1.94. The Kier molecular flexibility index (Phi) is 7.96. The van der Waals surface area contributed by atoms with E-state index in [-0.39, 0.29) is 12.4 Å². The van der Waals surface area contributed by atoms with Crippen LogP contribution in [0.1, 0.15) is 25.3 Å². The summed E-state index contributed by atoms with van der Waals surface area (Å²) in [4.78, 5) is 0. The van der Waals surface area contributed by atoms with Crippen LogP contribution in [0.5, 0.6) is 0 Å². The molecule has 14 heavy (non-hydrogen) atoms. The van der Waals surface area contributed by atoms with Crippen molar-refractivity contribution in [3.05, 3.63) is 34.9 Å². The van der Waals surface area contributed by atoms with Crippen LogP contribution in [-0.4, -0.2) is 6.54 Å². The zero-order chi connectivity index (χ0) is 9.52. The monoisotopic (exact) mass is 233 g/mol. The van der Waals surface area contributed by atoms with E-state index < -0.39 is 0 Å². The van der Waals surface area contributed by atoms with Gasteiger partial charge in [0, 0.05) is 10.6 Å². The minimum atomic E-state index is 0. The third kappa shape index (κ3) is 5.48. The van der Waals surface area contributed by atoms with Crippen LogP contribution in [0.2, 0.25) is 5.02 Å². The second-order valence-corrected chi connectivity index (χ2v) is 3.70. The summed E-state index contributed by atoms with van der Waals surface area (Å²) < 4.78 is 0. The second kappa shape index (κ2) is 8.10. The predicted molar refractivity (Wildman–Crippen MR) is 56.9 cm³/mol. The minimum Gasteiger partial charge on any atom is -1.00 e. The van der Waals surface area contributed by atoms with E-state index in [1.807, 2.05) is 12.1 Å². The van der Waals surface area contributed by atoms with Crippen molar-refractivity contribution in [3.8, 4) is 0 Å². The molecule has 0 spiro atoms. The summed E-state index contributed by atoms with van der Waals surface area (Å²) in [6.07, 6.45) is 2.57. The van der Waals surface area contributed by atoms with E-state index in [4.69, 9.17) is 11.6 Å². The molecule has 0 aliphatic heterocycles. The molecule has 0 aliphatic carbocycles. The van der Waals surface area contributed by atoms with Gasteiger partial charge in [-0.25, -0.2) is 0 Å². The van der Waals surface area contributed by atoms with E-state index in [1.165, 1.54) is 24.9 Å². The molecule has 0 fully saturated rings. The number of quaternary nitrogens is 1. The highest BCUT2D eigenvalue weighted by Crippen LogP contribution is 2.08. The molecule has 80 valence electrons. The first-order chi connectivity index (χ1) is 6.33. The van der Waals surface area contributed by atoms with E-state index in [1.54, 1.807) is 0 Å². The Labute approximate surface area is 97.3 Å². The Bertz CT molecular complexity index is 234. The van der Waals surface area contributed by atoms with Crippen molar-refractivity contribution in [2.45, 2.75) is 26.3 Å². The maximum Gasteiger partial charge on any atom is 0.101 e. The molecule has 0 saturated heterocycles. The fraction of sp³-hybridized carbons (Fsp3) is 0.455. The fourth-order valence-electron chi connectivity index (χ4n) is 1.24. The fourth-order valence-corrected chi connectivity index (χ4v) is 1.36. The lowest BCUT2D eigenvalue weighted by Gasteiger charge is -2.00. The SMILES string of the molecule is CCCC[NH2+]Cc1ccc(Cl)cc1.[Cl-].